The third kappa shape index (κ3) is 3.56. The summed E-state index contributed by atoms with van der Waals surface area (Å²) in [4.78, 5) is 14.3. The maximum absolute atomic E-state index is 12.3. The van der Waals surface area contributed by atoms with Gasteiger partial charge >= 0.3 is 0 Å². The molecule has 0 radical (unpaired) electrons. The molecule has 1 aliphatic heterocycles. The number of aromatic amines is 1. The molecule has 7 heteroatoms. The molecule has 3 rings (SSSR count). The van der Waals surface area contributed by atoms with Crippen LogP contribution in [-0.2, 0) is 14.6 Å². The van der Waals surface area contributed by atoms with Gasteiger partial charge in [-0.2, -0.15) is 5.10 Å². The van der Waals surface area contributed by atoms with E-state index >= 15 is 0 Å². The van der Waals surface area contributed by atoms with Crippen molar-refractivity contribution in [3.05, 3.63) is 53.9 Å². The summed E-state index contributed by atoms with van der Waals surface area (Å²) in [5.41, 5.74) is 1.56. The summed E-state index contributed by atoms with van der Waals surface area (Å²) < 4.78 is 23.6. The van der Waals surface area contributed by atoms with Crippen LogP contribution in [0, 0.1) is 0 Å². The normalized spacial score (nSPS) is 18.4. The highest BCUT2D eigenvalue weighted by Crippen LogP contribution is 2.30. The van der Waals surface area contributed by atoms with E-state index in [1.54, 1.807) is 17.1 Å². The van der Waals surface area contributed by atoms with Crippen LogP contribution in [0.1, 0.15) is 23.6 Å². The topological polar surface area (TPSA) is 83.1 Å². The molecule has 6 nitrogen and oxygen atoms in total. The Morgan fingerprint density at radius 1 is 1.33 bits per heavy atom. The Kier molecular flexibility index (Phi) is 4.53. The van der Waals surface area contributed by atoms with Crippen molar-refractivity contribution in [1.82, 2.24) is 15.1 Å². The van der Waals surface area contributed by atoms with Crippen LogP contribution in [0.15, 0.2) is 47.5 Å². The first kappa shape index (κ1) is 16.4. The maximum atomic E-state index is 12.3. The number of likely N-dealkylation sites (tertiary alicyclic amines) is 1. The van der Waals surface area contributed by atoms with Crippen molar-refractivity contribution in [1.29, 1.82) is 0 Å². The van der Waals surface area contributed by atoms with E-state index in [0.29, 0.717) is 18.8 Å². The van der Waals surface area contributed by atoms with Crippen LogP contribution in [0.4, 0.5) is 0 Å². The Balaban J connectivity index is 1.69. The number of aromatic nitrogens is 2. The zero-order valence-corrected chi connectivity index (χ0v) is 14.2. The van der Waals surface area contributed by atoms with Gasteiger partial charge in [0.1, 0.15) is 4.90 Å². The summed E-state index contributed by atoms with van der Waals surface area (Å²) in [6.07, 6.45) is 6.57. The quantitative estimate of drug-likeness (QED) is 0.857. The van der Waals surface area contributed by atoms with E-state index in [-0.39, 0.29) is 16.7 Å². The number of sulfone groups is 1. The molecular weight excluding hydrogens is 326 g/mol. The number of nitrogens with one attached hydrogen (secondary N) is 1. The first-order chi connectivity index (χ1) is 11.4. The lowest BCUT2D eigenvalue weighted by Gasteiger charge is -2.14. The van der Waals surface area contributed by atoms with Crippen molar-refractivity contribution in [2.45, 2.75) is 17.2 Å². The molecule has 0 spiro atoms. The van der Waals surface area contributed by atoms with Gasteiger partial charge < -0.3 is 4.90 Å². The van der Waals surface area contributed by atoms with Crippen LogP contribution < -0.4 is 0 Å². The number of nitrogens with zero attached hydrogens (tertiary/aromatic N) is 2. The molecule has 1 atom stereocenters. The van der Waals surface area contributed by atoms with Crippen LogP contribution in [0.2, 0.25) is 0 Å². The fourth-order valence-electron chi connectivity index (χ4n) is 2.91. The summed E-state index contributed by atoms with van der Waals surface area (Å²) in [7, 11) is -3.32. The number of hydrogen-bond donors (Lipinski definition) is 1. The second kappa shape index (κ2) is 6.60. The number of amides is 1. The smallest absolute Gasteiger partial charge is 0.246 e. The molecule has 126 valence electrons. The molecule has 0 unspecified atom stereocenters. The van der Waals surface area contributed by atoms with E-state index in [1.165, 1.54) is 12.5 Å². The Bertz CT molecular complexity index is 856. The number of hydrogen-bond acceptors (Lipinski definition) is 4. The van der Waals surface area contributed by atoms with E-state index in [9.17, 15) is 13.2 Å². The van der Waals surface area contributed by atoms with E-state index in [2.05, 4.69) is 10.2 Å². The largest absolute Gasteiger partial charge is 0.338 e. The summed E-state index contributed by atoms with van der Waals surface area (Å²) in [6.45, 7) is 1.09. The van der Waals surface area contributed by atoms with Crippen LogP contribution in [0.3, 0.4) is 0 Å². The van der Waals surface area contributed by atoms with Crippen LogP contribution >= 0.6 is 0 Å². The Morgan fingerprint density at radius 2 is 2.08 bits per heavy atom. The molecule has 2 aromatic rings. The Hall–Kier alpha value is -2.41. The molecule has 0 bridgehead atoms. The van der Waals surface area contributed by atoms with Crippen LogP contribution in [-0.4, -0.2) is 48.8 Å². The second-order valence-corrected chi connectivity index (χ2v) is 7.92. The predicted octanol–water partition coefficient (Wildman–Crippen LogP) is 1.84. The van der Waals surface area contributed by atoms with E-state index < -0.39 is 9.84 Å². The number of carbonyl (C=O) groups is 1. The minimum absolute atomic E-state index is 0.0358. The van der Waals surface area contributed by atoms with Crippen molar-refractivity contribution in [2.24, 2.45) is 0 Å². The highest BCUT2D eigenvalue weighted by atomic mass is 32.2. The molecule has 1 fully saturated rings. The van der Waals surface area contributed by atoms with Crippen molar-refractivity contribution < 1.29 is 13.2 Å². The van der Waals surface area contributed by atoms with Gasteiger partial charge in [-0.25, -0.2) is 8.42 Å². The first-order valence-electron chi connectivity index (χ1n) is 7.70. The molecule has 1 aromatic heterocycles. The molecule has 0 saturated carbocycles. The number of H-pyrrole nitrogens is 1. The van der Waals surface area contributed by atoms with Crippen LogP contribution in [0.25, 0.3) is 6.08 Å². The first-order valence-corrected chi connectivity index (χ1v) is 9.59. The molecule has 1 saturated heterocycles. The summed E-state index contributed by atoms with van der Waals surface area (Å²) in [6, 6.07) is 9.62. The third-order valence-electron chi connectivity index (χ3n) is 4.16. The van der Waals surface area contributed by atoms with E-state index in [1.807, 2.05) is 30.3 Å². The minimum atomic E-state index is -3.32. The van der Waals surface area contributed by atoms with Crippen molar-refractivity contribution in [2.75, 3.05) is 19.3 Å². The lowest BCUT2D eigenvalue weighted by Crippen LogP contribution is -2.26. The van der Waals surface area contributed by atoms with Crippen molar-refractivity contribution in [3.8, 4) is 0 Å². The lowest BCUT2D eigenvalue weighted by molar-refractivity contribution is -0.124. The molecule has 1 aliphatic rings. The van der Waals surface area contributed by atoms with Gasteiger partial charge in [0.2, 0.25) is 5.91 Å². The standard InChI is InChI=1S/C17H19N3O3S/c1-24(22,23)15-11-18-19-17(15)14-9-10-20(12-14)16(21)8-7-13-5-3-2-4-6-13/h2-8,11,14H,9-10,12H2,1H3,(H,18,19)/b8-7+/t14-/m0/s1. The fraction of sp³-hybridized carbons (Fsp3) is 0.294. The molecule has 0 aliphatic carbocycles. The van der Waals surface area contributed by atoms with Gasteiger partial charge in [-0.05, 0) is 18.1 Å². The molecule has 1 amide bonds. The number of rotatable bonds is 4. The monoisotopic (exact) mass is 345 g/mol. The molecule has 1 aromatic carbocycles. The van der Waals surface area contributed by atoms with Gasteiger partial charge in [-0.3, -0.25) is 9.89 Å². The van der Waals surface area contributed by atoms with Gasteiger partial charge in [0, 0.05) is 31.3 Å². The summed E-state index contributed by atoms with van der Waals surface area (Å²) >= 11 is 0. The van der Waals surface area contributed by atoms with Gasteiger partial charge in [-0.15, -0.1) is 0 Å². The summed E-state index contributed by atoms with van der Waals surface area (Å²) in [5.74, 6) is -0.104. The number of benzene rings is 1. The van der Waals surface area contributed by atoms with Gasteiger partial charge in [-0.1, -0.05) is 30.3 Å². The Morgan fingerprint density at radius 3 is 2.79 bits per heavy atom. The molecule has 2 heterocycles. The van der Waals surface area contributed by atoms with Crippen LogP contribution in [0.5, 0.6) is 0 Å². The second-order valence-electron chi connectivity index (χ2n) is 5.93. The van der Waals surface area contributed by atoms with E-state index in [0.717, 1.165) is 12.0 Å². The number of carbonyl (C=O) groups excluding carboxylic acids is 1. The average Bonchev–Trinajstić information content (AvgIpc) is 3.21. The van der Waals surface area contributed by atoms with E-state index in [4.69, 9.17) is 0 Å². The molecule has 24 heavy (non-hydrogen) atoms. The molecular formula is C17H19N3O3S. The zero-order chi connectivity index (χ0) is 17.2. The maximum Gasteiger partial charge on any atom is 0.246 e. The van der Waals surface area contributed by atoms with Gasteiger partial charge in [0.15, 0.2) is 9.84 Å². The highest BCUT2D eigenvalue weighted by Gasteiger charge is 2.31. The van der Waals surface area contributed by atoms with Crippen molar-refractivity contribution >= 4 is 21.8 Å². The Labute approximate surface area is 141 Å². The van der Waals surface area contributed by atoms with Gasteiger partial charge in [0.05, 0.1) is 11.9 Å². The lowest BCUT2D eigenvalue weighted by atomic mass is 10.1. The van der Waals surface area contributed by atoms with Gasteiger partial charge in [0.25, 0.3) is 0 Å². The SMILES string of the molecule is CS(=O)(=O)c1cn[nH]c1[C@H]1CCN(C(=O)/C=C/c2ccccc2)C1. The predicted molar refractivity (Wildman–Crippen MR) is 91.1 cm³/mol. The third-order valence-corrected chi connectivity index (χ3v) is 5.28. The molecule has 1 N–H and O–H groups in total. The summed E-state index contributed by atoms with van der Waals surface area (Å²) in [5, 5.41) is 6.64. The fourth-order valence-corrected chi connectivity index (χ4v) is 3.76. The highest BCUT2D eigenvalue weighted by molar-refractivity contribution is 7.90. The average molecular weight is 345 g/mol. The minimum Gasteiger partial charge on any atom is -0.338 e. The zero-order valence-electron chi connectivity index (χ0n) is 13.3. The van der Waals surface area contributed by atoms with Crippen molar-refractivity contribution in [3.63, 3.8) is 0 Å².